The molecule has 0 aliphatic carbocycles. The Bertz CT molecular complexity index is 668. The molecule has 4 nitrogen and oxygen atoms in total. The summed E-state index contributed by atoms with van der Waals surface area (Å²) in [6.07, 6.45) is 3.41. The second-order valence-corrected chi connectivity index (χ2v) is 7.27. The highest BCUT2D eigenvalue weighted by Gasteiger charge is 2.18. The molecule has 128 valence electrons. The zero-order chi connectivity index (χ0) is 16.9. The first-order chi connectivity index (χ1) is 11.6. The second-order valence-electron chi connectivity index (χ2n) is 6.36. The fourth-order valence-corrected chi connectivity index (χ4v) is 3.28. The molecule has 1 aromatic heterocycles. The third-order valence-corrected chi connectivity index (χ3v) is 4.83. The third kappa shape index (κ3) is 4.79. The Hall–Kier alpha value is -1.43. The van der Waals surface area contributed by atoms with Crippen molar-refractivity contribution in [1.82, 2.24) is 9.88 Å². The molecule has 1 aromatic carbocycles. The summed E-state index contributed by atoms with van der Waals surface area (Å²) in [5.74, 6) is 0.907. The van der Waals surface area contributed by atoms with Crippen molar-refractivity contribution in [2.24, 2.45) is 0 Å². The molecule has 24 heavy (non-hydrogen) atoms. The van der Waals surface area contributed by atoms with E-state index < -0.39 is 0 Å². The van der Waals surface area contributed by atoms with Gasteiger partial charge in [-0.05, 0) is 44.0 Å². The van der Waals surface area contributed by atoms with Crippen molar-refractivity contribution in [3.05, 3.63) is 57.8 Å². The molecule has 3 rings (SSSR count). The standard InChI is InChI=1S/C19H23BrN2O2/c1-14-2-3-15(11-21-14)13-24-19-5-4-17(20)10-16(19)12-22-8-6-18(23)7-9-22/h2-5,10-11,18,23H,6-9,12-13H2,1H3. The molecule has 0 unspecified atom stereocenters. The van der Waals surface area contributed by atoms with E-state index in [0.717, 1.165) is 54.0 Å². The van der Waals surface area contributed by atoms with E-state index >= 15 is 0 Å². The molecule has 2 heterocycles. The smallest absolute Gasteiger partial charge is 0.124 e. The first kappa shape index (κ1) is 17.4. The van der Waals surface area contributed by atoms with Crippen LogP contribution in [0.1, 0.15) is 29.7 Å². The average molecular weight is 391 g/mol. The van der Waals surface area contributed by atoms with Gasteiger partial charge in [-0.15, -0.1) is 0 Å². The molecule has 0 amide bonds. The van der Waals surface area contributed by atoms with Gasteiger partial charge in [-0.25, -0.2) is 0 Å². The summed E-state index contributed by atoms with van der Waals surface area (Å²) in [7, 11) is 0. The minimum absolute atomic E-state index is 0.145. The quantitative estimate of drug-likeness (QED) is 0.845. The Labute approximate surface area is 151 Å². The summed E-state index contributed by atoms with van der Waals surface area (Å²) in [5, 5.41) is 9.66. The summed E-state index contributed by atoms with van der Waals surface area (Å²) in [4.78, 5) is 6.68. The number of halogens is 1. The molecule has 0 bridgehead atoms. The highest BCUT2D eigenvalue weighted by Crippen LogP contribution is 2.26. The number of hydrogen-bond donors (Lipinski definition) is 1. The van der Waals surface area contributed by atoms with Gasteiger partial charge in [0.2, 0.25) is 0 Å². The monoisotopic (exact) mass is 390 g/mol. The van der Waals surface area contributed by atoms with E-state index in [0.29, 0.717) is 6.61 Å². The van der Waals surface area contributed by atoms with Crippen LogP contribution in [0.15, 0.2) is 41.0 Å². The number of likely N-dealkylation sites (tertiary alicyclic amines) is 1. The van der Waals surface area contributed by atoms with E-state index in [-0.39, 0.29) is 6.10 Å². The molecule has 0 atom stereocenters. The van der Waals surface area contributed by atoms with Gasteiger partial charge in [0.25, 0.3) is 0 Å². The zero-order valence-corrected chi connectivity index (χ0v) is 15.5. The molecule has 1 fully saturated rings. The number of benzene rings is 1. The lowest BCUT2D eigenvalue weighted by molar-refractivity contribution is 0.0787. The van der Waals surface area contributed by atoms with E-state index in [2.05, 4.69) is 31.9 Å². The number of aromatic nitrogens is 1. The first-order valence-electron chi connectivity index (χ1n) is 8.33. The van der Waals surface area contributed by atoms with Crippen molar-refractivity contribution in [3.8, 4) is 5.75 Å². The van der Waals surface area contributed by atoms with Crippen molar-refractivity contribution in [1.29, 1.82) is 0 Å². The Morgan fingerprint density at radius 2 is 2.04 bits per heavy atom. The van der Waals surface area contributed by atoms with Crippen LogP contribution in [0.5, 0.6) is 5.75 Å². The maximum atomic E-state index is 9.66. The molecule has 1 aliphatic rings. The SMILES string of the molecule is Cc1ccc(COc2ccc(Br)cc2CN2CCC(O)CC2)cn1. The Morgan fingerprint density at radius 3 is 2.75 bits per heavy atom. The van der Waals surface area contributed by atoms with Crippen LogP contribution >= 0.6 is 15.9 Å². The number of ether oxygens (including phenoxy) is 1. The summed E-state index contributed by atoms with van der Waals surface area (Å²) in [6, 6.07) is 10.2. The van der Waals surface area contributed by atoms with Crippen LogP contribution < -0.4 is 4.74 Å². The number of nitrogens with zero attached hydrogens (tertiary/aromatic N) is 2. The van der Waals surface area contributed by atoms with Crippen LogP contribution in [0.4, 0.5) is 0 Å². The number of rotatable bonds is 5. The topological polar surface area (TPSA) is 45.6 Å². The maximum Gasteiger partial charge on any atom is 0.124 e. The number of aryl methyl sites for hydroxylation is 1. The molecule has 0 saturated carbocycles. The number of hydrogen-bond acceptors (Lipinski definition) is 4. The van der Waals surface area contributed by atoms with Gasteiger partial charge in [-0.2, -0.15) is 0 Å². The predicted molar refractivity (Wildman–Crippen MR) is 98.0 cm³/mol. The van der Waals surface area contributed by atoms with Crippen LogP contribution in [0.25, 0.3) is 0 Å². The largest absolute Gasteiger partial charge is 0.489 e. The van der Waals surface area contributed by atoms with Gasteiger partial charge in [0.05, 0.1) is 6.10 Å². The summed E-state index contributed by atoms with van der Waals surface area (Å²) >= 11 is 3.55. The van der Waals surface area contributed by atoms with Gasteiger partial charge in [-0.3, -0.25) is 9.88 Å². The number of pyridine rings is 1. The van der Waals surface area contributed by atoms with Crippen molar-refractivity contribution < 1.29 is 9.84 Å². The molecule has 5 heteroatoms. The lowest BCUT2D eigenvalue weighted by Crippen LogP contribution is -2.35. The van der Waals surface area contributed by atoms with Crippen molar-refractivity contribution in [2.45, 2.75) is 39.0 Å². The van der Waals surface area contributed by atoms with Gasteiger partial charge in [0, 0.05) is 47.1 Å². The summed E-state index contributed by atoms with van der Waals surface area (Å²) in [6.45, 7) is 5.19. The van der Waals surface area contributed by atoms with Gasteiger partial charge in [0.1, 0.15) is 12.4 Å². The number of aliphatic hydroxyl groups excluding tert-OH is 1. The summed E-state index contributed by atoms with van der Waals surface area (Å²) in [5.41, 5.74) is 3.24. The minimum Gasteiger partial charge on any atom is -0.489 e. The fraction of sp³-hybridized carbons (Fsp3) is 0.421. The van der Waals surface area contributed by atoms with E-state index in [1.807, 2.05) is 37.4 Å². The van der Waals surface area contributed by atoms with E-state index in [9.17, 15) is 5.11 Å². The average Bonchev–Trinajstić information content (AvgIpc) is 2.58. The highest BCUT2D eigenvalue weighted by molar-refractivity contribution is 9.10. The molecule has 1 aliphatic heterocycles. The molecule has 1 N–H and O–H groups in total. The lowest BCUT2D eigenvalue weighted by atomic mass is 10.1. The molecular formula is C19H23BrN2O2. The maximum absolute atomic E-state index is 9.66. The zero-order valence-electron chi connectivity index (χ0n) is 13.9. The number of piperidine rings is 1. The fourth-order valence-electron chi connectivity index (χ4n) is 2.88. The van der Waals surface area contributed by atoms with Crippen molar-refractivity contribution in [3.63, 3.8) is 0 Å². The van der Waals surface area contributed by atoms with Crippen LogP contribution in [0.3, 0.4) is 0 Å². The van der Waals surface area contributed by atoms with Gasteiger partial charge >= 0.3 is 0 Å². The van der Waals surface area contributed by atoms with Crippen LogP contribution in [-0.4, -0.2) is 34.2 Å². The van der Waals surface area contributed by atoms with E-state index in [1.165, 1.54) is 5.56 Å². The highest BCUT2D eigenvalue weighted by atomic mass is 79.9. The molecule has 0 spiro atoms. The minimum atomic E-state index is -0.145. The van der Waals surface area contributed by atoms with E-state index in [4.69, 9.17) is 4.74 Å². The van der Waals surface area contributed by atoms with Gasteiger partial charge in [-0.1, -0.05) is 22.0 Å². The second kappa shape index (κ2) is 8.10. The molecular weight excluding hydrogens is 368 g/mol. The first-order valence-corrected chi connectivity index (χ1v) is 9.12. The van der Waals surface area contributed by atoms with E-state index in [1.54, 1.807) is 0 Å². The van der Waals surface area contributed by atoms with Crippen LogP contribution in [0.2, 0.25) is 0 Å². The lowest BCUT2D eigenvalue weighted by Gasteiger charge is -2.30. The van der Waals surface area contributed by atoms with Crippen LogP contribution in [0, 0.1) is 6.92 Å². The normalized spacial score (nSPS) is 16.3. The molecule has 0 radical (unpaired) electrons. The van der Waals surface area contributed by atoms with Crippen molar-refractivity contribution >= 4 is 15.9 Å². The summed E-state index contributed by atoms with van der Waals surface area (Å²) < 4.78 is 7.10. The molecule has 2 aromatic rings. The molecule has 1 saturated heterocycles. The van der Waals surface area contributed by atoms with Crippen molar-refractivity contribution in [2.75, 3.05) is 13.1 Å². The third-order valence-electron chi connectivity index (χ3n) is 4.34. The Balaban J connectivity index is 1.67. The Morgan fingerprint density at radius 1 is 1.25 bits per heavy atom. The van der Waals surface area contributed by atoms with Gasteiger partial charge in [0.15, 0.2) is 0 Å². The van der Waals surface area contributed by atoms with Gasteiger partial charge < -0.3 is 9.84 Å². The predicted octanol–water partition coefficient (Wildman–Crippen LogP) is 3.69. The number of aliphatic hydroxyl groups is 1. The Kier molecular flexibility index (Phi) is 5.87. The van der Waals surface area contributed by atoms with Crippen LogP contribution in [-0.2, 0) is 13.2 Å².